The van der Waals surface area contributed by atoms with E-state index in [4.69, 9.17) is 10.4 Å². The number of nitriles is 1. The van der Waals surface area contributed by atoms with Gasteiger partial charge < -0.3 is 5.11 Å². The second-order valence-corrected chi connectivity index (χ2v) is 3.44. The van der Waals surface area contributed by atoms with Crippen LogP contribution in [-0.4, -0.2) is 11.1 Å². The van der Waals surface area contributed by atoms with Gasteiger partial charge in [-0.05, 0) is 30.2 Å². The quantitative estimate of drug-likeness (QED) is 0.824. The molecular formula is C10H8BrNO2. The number of aryl methyl sites for hydroxylation is 1. The summed E-state index contributed by atoms with van der Waals surface area (Å²) in [6.07, 6.45) is 0. The third-order valence-electron chi connectivity index (χ3n) is 1.95. The summed E-state index contributed by atoms with van der Waals surface area (Å²) in [6.45, 7) is 1.73. The van der Waals surface area contributed by atoms with Crippen molar-refractivity contribution in [3.63, 3.8) is 0 Å². The fourth-order valence-corrected chi connectivity index (χ4v) is 1.65. The van der Waals surface area contributed by atoms with Crippen LogP contribution in [0.2, 0.25) is 0 Å². The average Bonchev–Trinajstić information content (AvgIpc) is 2.17. The minimum atomic E-state index is -0.966. The Bertz CT molecular complexity index is 421. The number of alkyl halides is 1. The largest absolute Gasteiger partial charge is 0.478 e. The van der Waals surface area contributed by atoms with Gasteiger partial charge in [-0.2, -0.15) is 5.26 Å². The predicted molar refractivity (Wildman–Crippen MR) is 55.5 cm³/mol. The molecule has 14 heavy (non-hydrogen) atoms. The molecule has 1 rings (SSSR count). The molecule has 0 radical (unpaired) electrons. The van der Waals surface area contributed by atoms with Crippen LogP contribution in [0.3, 0.4) is 0 Å². The maximum Gasteiger partial charge on any atom is 0.336 e. The predicted octanol–water partition coefficient (Wildman–Crippen LogP) is 2.46. The van der Waals surface area contributed by atoms with E-state index in [9.17, 15) is 4.79 Å². The molecule has 1 aromatic rings. The van der Waals surface area contributed by atoms with Crippen LogP contribution in [0, 0.1) is 18.3 Å². The number of halogens is 1. The van der Waals surface area contributed by atoms with Crippen LogP contribution in [0.4, 0.5) is 0 Å². The fourth-order valence-electron chi connectivity index (χ4n) is 1.18. The van der Waals surface area contributed by atoms with Crippen LogP contribution < -0.4 is 0 Å². The van der Waals surface area contributed by atoms with Gasteiger partial charge in [0.15, 0.2) is 0 Å². The summed E-state index contributed by atoms with van der Waals surface area (Å²) >= 11 is 3.19. The topological polar surface area (TPSA) is 61.1 Å². The Morgan fingerprint density at radius 1 is 1.64 bits per heavy atom. The first kappa shape index (κ1) is 10.7. The molecule has 0 atom stereocenters. The maximum atomic E-state index is 10.8. The highest BCUT2D eigenvalue weighted by atomic mass is 79.9. The molecule has 0 saturated heterocycles. The lowest BCUT2D eigenvalue weighted by Crippen LogP contribution is -2.03. The van der Waals surface area contributed by atoms with Crippen molar-refractivity contribution in [1.29, 1.82) is 5.26 Å². The molecule has 1 aromatic carbocycles. The Hall–Kier alpha value is -1.34. The van der Waals surface area contributed by atoms with Crippen LogP contribution in [-0.2, 0) is 5.33 Å². The van der Waals surface area contributed by atoms with Crippen LogP contribution >= 0.6 is 15.9 Å². The van der Waals surface area contributed by atoms with E-state index >= 15 is 0 Å². The first-order valence-electron chi connectivity index (χ1n) is 3.93. The van der Waals surface area contributed by atoms with Gasteiger partial charge in [0.2, 0.25) is 0 Å². The molecule has 0 unspecified atom stereocenters. The number of nitrogens with zero attached hydrogens (tertiary/aromatic N) is 1. The Kier molecular flexibility index (Phi) is 3.26. The lowest BCUT2D eigenvalue weighted by atomic mass is 10.0. The van der Waals surface area contributed by atoms with Crippen molar-refractivity contribution in [2.75, 3.05) is 0 Å². The van der Waals surface area contributed by atoms with E-state index in [2.05, 4.69) is 15.9 Å². The van der Waals surface area contributed by atoms with Gasteiger partial charge in [0, 0.05) is 5.33 Å². The van der Waals surface area contributed by atoms with Gasteiger partial charge in [-0.25, -0.2) is 4.79 Å². The van der Waals surface area contributed by atoms with E-state index in [0.29, 0.717) is 22.0 Å². The molecule has 0 heterocycles. The van der Waals surface area contributed by atoms with E-state index in [1.807, 2.05) is 6.07 Å². The number of hydrogen-bond acceptors (Lipinski definition) is 2. The smallest absolute Gasteiger partial charge is 0.336 e. The molecule has 0 spiro atoms. The maximum absolute atomic E-state index is 10.8. The van der Waals surface area contributed by atoms with E-state index in [0.717, 1.165) is 0 Å². The van der Waals surface area contributed by atoms with Crippen molar-refractivity contribution in [2.45, 2.75) is 12.3 Å². The van der Waals surface area contributed by atoms with E-state index in [-0.39, 0.29) is 5.56 Å². The van der Waals surface area contributed by atoms with Gasteiger partial charge in [-0.15, -0.1) is 0 Å². The zero-order valence-corrected chi connectivity index (χ0v) is 9.13. The third kappa shape index (κ3) is 1.94. The van der Waals surface area contributed by atoms with Crippen LogP contribution in [0.25, 0.3) is 0 Å². The molecule has 72 valence electrons. The number of carboxylic acids is 1. The standard InChI is InChI=1S/C10H8BrNO2/c1-6-2-9(10(13)14)7(4-11)3-8(6)5-12/h2-3H,4H2,1H3,(H,13,14). The second kappa shape index (κ2) is 4.25. The van der Waals surface area contributed by atoms with Crippen LogP contribution in [0.15, 0.2) is 12.1 Å². The van der Waals surface area contributed by atoms with Crippen molar-refractivity contribution in [2.24, 2.45) is 0 Å². The van der Waals surface area contributed by atoms with Crippen molar-refractivity contribution in [3.05, 3.63) is 34.4 Å². The van der Waals surface area contributed by atoms with E-state index < -0.39 is 5.97 Å². The number of benzene rings is 1. The minimum absolute atomic E-state index is 0.248. The molecule has 3 nitrogen and oxygen atoms in total. The molecule has 0 amide bonds. The van der Waals surface area contributed by atoms with E-state index in [1.165, 1.54) is 6.07 Å². The number of carbonyl (C=O) groups is 1. The molecule has 1 N–H and O–H groups in total. The summed E-state index contributed by atoms with van der Waals surface area (Å²) in [5.41, 5.74) is 2.08. The summed E-state index contributed by atoms with van der Waals surface area (Å²) in [7, 11) is 0. The zero-order valence-electron chi connectivity index (χ0n) is 7.54. The molecule has 0 saturated carbocycles. The van der Waals surface area contributed by atoms with Crippen molar-refractivity contribution >= 4 is 21.9 Å². The Morgan fingerprint density at radius 3 is 2.71 bits per heavy atom. The Balaban J connectivity index is 3.41. The van der Waals surface area contributed by atoms with Crippen molar-refractivity contribution in [1.82, 2.24) is 0 Å². The first-order chi connectivity index (χ1) is 6.60. The fraction of sp³-hybridized carbons (Fsp3) is 0.200. The van der Waals surface area contributed by atoms with Gasteiger partial charge in [-0.1, -0.05) is 15.9 Å². The monoisotopic (exact) mass is 253 g/mol. The molecule has 4 heteroatoms. The molecule has 0 aliphatic carbocycles. The molecular weight excluding hydrogens is 246 g/mol. The Morgan fingerprint density at radius 2 is 2.29 bits per heavy atom. The van der Waals surface area contributed by atoms with Gasteiger partial charge in [0.1, 0.15) is 0 Å². The third-order valence-corrected chi connectivity index (χ3v) is 2.55. The second-order valence-electron chi connectivity index (χ2n) is 2.87. The zero-order chi connectivity index (χ0) is 10.7. The highest BCUT2D eigenvalue weighted by Gasteiger charge is 2.11. The van der Waals surface area contributed by atoms with Crippen molar-refractivity contribution in [3.8, 4) is 6.07 Å². The van der Waals surface area contributed by atoms with Crippen LogP contribution in [0.5, 0.6) is 0 Å². The molecule has 0 aliphatic heterocycles. The summed E-state index contributed by atoms with van der Waals surface area (Å²) in [5, 5.41) is 18.1. The number of hydrogen-bond donors (Lipinski definition) is 1. The highest BCUT2D eigenvalue weighted by molar-refractivity contribution is 9.08. The lowest BCUT2D eigenvalue weighted by molar-refractivity contribution is 0.0696. The summed E-state index contributed by atoms with van der Waals surface area (Å²) in [4.78, 5) is 10.8. The van der Waals surface area contributed by atoms with Crippen molar-refractivity contribution < 1.29 is 9.90 Å². The normalized spacial score (nSPS) is 9.50. The highest BCUT2D eigenvalue weighted by Crippen LogP contribution is 2.18. The Labute approximate surface area is 90.1 Å². The van der Waals surface area contributed by atoms with E-state index in [1.54, 1.807) is 13.0 Å². The number of aromatic carboxylic acids is 1. The molecule has 0 bridgehead atoms. The summed E-state index contributed by atoms with van der Waals surface area (Å²) < 4.78 is 0. The number of rotatable bonds is 2. The molecule has 0 aromatic heterocycles. The average molecular weight is 254 g/mol. The van der Waals surface area contributed by atoms with Gasteiger partial charge >= 0.3 is 5.97 Å². The molecule has 0 fully saturated rings. The van der Waals surface area contributed by atoms with Gasteiger partial charge in [0.25, 0.3) is 0 Å². The summed E-state index contributed by atoms with van der Waals surface area (Å²) in [5.74, 6) is -0.966. The van der Waals surface area contributed by atoms with Gasteiger partial charge in [0.05, 0.1) is 17.2 Å². The van der Waals surface area contributed by atoms with Gasteiger partial charge in [-0.3, -0.25) is 0 Å². The van der Waals surface area contributed by atoms with Crippen LogP contribution in [0.1, 0.15) is 27.0 Å². The summed E-state index contributed by atoms with van der Waals surface area (Å²) in [6, 6.07) is 5.15. The SMILES string of the molecule is Cc1cc(C(=O)O)c(CBr)cc1C#N. The number of carboxylic acid groups (broad SMARTS) is 1. The molecule has 0 aliphatic rings. The lowest BCUT2D eigenvalue weighted by Gasteiger charge is -2.05. The first-order valence-corrected chi connectivity index (χ1v) is 5.05. The minimum Gasteiger partial charge on any atom is -0.478 e.